The topological polar surface area (TPSA) is 34.5 Å². The number of esters is 1. The van der Waals surface area contributed by atoms with Gasteiger partial charge in [0, 0.05) is 32.2 Å². The number of hydrogen-bond donors (Lipinski definition) is 0. The largest absolute Gasteiger partial charge is 0.462 e. The van der Waals surface area contributed by atoms with Crippen LogP contribution in [0, 0.1) is 0 Å². The molecule has 106 valence electrons. The molecular weight excluding hydrogens is 252 g/mol. The van der Waals surface area contributed by atoms with Crippen LogP contribution in [0.5, 0.6) is 0 Å². The molecular formula is C16H20N2O2. The highest BCUT2D eigenvalue weighted by Crippen LogP contribution is 2.23. The Morgan fingerprint density at radius 3 is 2.55 bits per heavy atom. The van der Waals surface area contributed by atoms with E-state index in [1.165, 1.54) is 0 Å². The van der Waals surface area contributed by atoms with Crippen molar-refractivity contribution >= 4 is 11.7 Å². The van der Waals surface area contributed by atoms with Gasteiger partial charge in [-0.1, -0.05) is 6.92 Å². The molecule has 1 aromatic carbocycles. The molecule has 0 saturated heterocycles. The van der Waals surface area contributed by atoms with E-state index in [9.17, 15) is 4.79 Å². The molecule has 0 aliphatic heterocycles. The first kappa shape index (κ1) is 14.2. The summed E-state index contributed by atoms with van der Waals surface area (Å²) in [5.41, 5.74) is 2.40. The van der Waals surface area contributed by atoms with Crippen LogP contribution in [-0.4, -0.2) is 31.2 Å². The lowest BCUT2D eigenvalue weighted by atomic mass is 10.1. The first-order valence-electron chi connectivity index (χ1n) is 6.75. The summed E-state index contributed by atoms with van der Waals surface area (Å²) < 4.78 is 7.23. The summed E-state index contributed by atoms with van der Waals surface area (Å²) in [6.45, 7) is 2.43. The quantitative estimate of drug-likeness (QED) is 0.784. The summed E-state index contributed by atoms with van der Waals surface area (Å²) in [6.07, 6.45) is 4.72. The zero-order chi connectivity index (χ0) is 14.5. The highest BCUT2D eigenvalue weighted by atomic mass is 16.5. The summed E-state index contributed by atoms with van der Waals surface area (Å²) in [7, 11) is 3.84. The lowest BCUT2D eigenvalue weighted by Crippen LogP contribution is -2.16. The molecule has 2 rings (SSSR count). The second-order valence-corrected chi connectivity index (χ2v) is 4.82. The SMILES string of the molecule is CCCOC(=O)c1cc(-n2cccc2)ccc1N(C)C. The Morgan fingerprint density at radius 1 is 1.25 bits per heavy atom. The Bertz CT molecular complexity index is 574. The van der Waals surface area contributed by atoms with Crippen molar-refractivity contribution < 1.29 is 9.53 Å². The number of carbonyl (C=O) groups is 1. The van der Waals surface area contributed by atoms with E-state index in [2.05, 4.69) is 0 Å². The summed E-state index contributed by atoms with van der Waals surface area (Å²) in [4.78, 5) is 14.1. The van der Waals surface area contributed by atoms with Gasteiger partial charge in [-0.3, -0.25) is 0 Å². The third-order valence-electron chi connectivity index (χ3n) is 3.02. The maximum absolute atomic E-state index is 12.2. The standard InChI is InChI=1S/C16H20N2O2/c1-4-11-20-16(19)14-12-13(18-9-5-6-10-18)7-8-15(14)17(2)3/h5-10,12H,4,11H2,1-3H3. The van der Waals surface area contributed by atoms with Crippen LogP contribution in [0.2, 0.25) is 0 Å². The third-order valence-corrected chi connectivity index (χ3v) is 3.02. The van der Waals surface area contributed by atoms with Gasteiger partial charge in [0.05, 0.1) is 17.9 Å². The van der Waals surface area contributed by atoms with Crippen LogP contribution in [-0.2, 0) is 4.74 Å². The predicted octanol–water partition coefficient (Wildman–Crippen LogP) is 3.11. The summed E-state index contributed by atoms with van der Waals surface area (Å²) >= 11 is 0. The third kappa shape index (κ3) is 3.02. The van der Waals surface area contributed by atoms with Gasteiger partial charge in [-0.15, -0.1) is 0 Å². The zero-order valence-corrected chi connectivity index (χ0v) is 12.2. The van der Waals surface area contributed by atoms with Crippen LogP contribution in [0.1, 0.15) is 23.7 Å². The lowest BCUT2D eigenvalue weighted by molar-refractivity contribution is 0.0506. The van der Waals surface area contributed by atoms with E-state index in [1.54, 1.807) is 0 Å². The Balaban J connectivity index is 2.39. The van der Waals surface area contributed by atoms with Gasteiger partial charge in [0.15, 0.2) is 0 Å². The zero-order valence-electron chi connectivity index (χ0n) is 12.2. The van der Waals surface area contributed by atoms with Crippen molar-refractivity contribution in [3.05, 3.63) is 48.3 Å². The Kier molecular flexibility index (Phi) is 4.45. The molecule has 0 radical (unpaired) electrons. The fourth-order valence-corrected chi connectivity index (χ4v) is 2.02. The molecule has 20 heavy (non-hydrogen) atoms. The first-order chi connectivity index (χ1) is 9.63. The molecule has 2 aromatic rings. The fraction of sp³-hybridized carbons (Fsp3) is 0.312. The predicted molar refractivity (Wildman–Crippen MR) is 80.7 cm³/mol. The lowest BCUT2D eigenvalue weighted by Gasteiger charge is -2.18. The van der Waals surface area contributed by atoms with Gasteiger partial charge in [0.25, 0.3) is 0 Å². The van der Waals surface area contributed by atoms with Gasteiger partial charge < -0.3 is 14.2 Å². The van der Waals surface area contributed by atoms with Crippen LogP contribution in [0.4, 0.5) is 5.69 Å². The molecule has 0 atom stereocenters. The number of anilines is 1. The van der Waals surface area contributed by atoms with E-state index in [0.717, 1.165) is 17.8 Å². The van der Waals surface area contributed by atoms with Gasteiger partial charge in [-0.2, -0.15) is 0 Å². The minimum atomic E-state index is -0.274. The smallest absolute Gasteiger partial charge is 0.340 e. The minimum Gasteiger partial charge on any atom is -0.462 e. The van der Waals surface area contributed by atoms with Gasteiger partial charge in [-0.05, 0) is 36.8 Å². The van der Waals surface area contributed by atoms with E-state index in [-0.39, 0.29) is 5.97 Å². The van der Waals surface area contributed by atoms with Crippen molar-refractivity contribution in [1.82, 2.24) is 4.57 Å². The molecule has 0 aliphatic rings. The van der Waals surface area contributed by atoms with Gasteiger partial charge >= 0.3 is 5.97 Å². The number of rotatable bonds is 5. The summed E-state index contributed by atoms with van der Waals surface area (Å²) in [5, 5.41) is 0. The van der Waals surface area contributed by atoms with Gasteiger partial charge in [0.2, 0.25) is 0 Å². The van der Waals surface area contributed by atoms with Crippen molar-refractivity contribution in [2.24, 2.45) is 0 Å². The second kappa shape index (κ2) is 6.28. The van der Waals surface area contributed by atoms with Crippen LogP contribution >= 0.6 is 0 Å². The first-order valence-corrected chi connectivity index (χ1v) is 6.75. The number of benzene rings is 1. The molecule has 0 amide bonds. The van der Waals surface area contributed by atoms with Crippen LogP contribution in [0.15, 0.2) is 42.7 Å². The maximum atomic E-state index is 12.2. The highest BCUT2D eigenvalue weighted by molar-refractivity contribution is 5.96. The second-order valence-electron chi connectivity index (χ2n) is 4.82. The fourth-order valence-electron chi connectivity index (χ4n) is 2.02. The Hall–Kier alpha value is -2.23. The van der Waals surface area contributed by atoms with E-state index in [4.69, 9.17) is 4.74 Å². The van der Waals surface area contributed by atoms with Crippen LogP contribution < -0.4 is 4.90 Å². The molecule has 0 fully saturated rings. The van der Waals surface area contributed by atoms with Crippen LogP contribution in [0.3, 0.4) is 0 Å². The summed E-state index contributed by atoms with van der Waals surface area (Å²) in [5.74, 6) is -0.274. The molecule has 4 nitrogen and oxygen atoms in total. The normalized spacial score (nSPS) is 10.3. The molecule has 1 heterocycles. The molecule has 4 heteroatoms. The molecule has 0 saturated carbocycles. The van der Waals surface area contributed by atoms with E-state index in [0.29, 0.717) is 12.2 Å². The van der Waals surface area contributed by atoms with E-state index >= 15 is 0 Å². The van der Waals surface area contributed by atoms with Crippen molar-refractivity contribution in [2.45, 2.75) is 13.3 Å². The molecule has 0 spiro atoms. The highest BCUT2D eigenvalue weighted by Gasteiger charge is 2.15. The Labute approximate surface area is 119 Å². The number of ether oxygens (including phenoxy) is 1. The van der Waals surface area contributed by atoms with Crippen molar-refractivity contribution in [1.29, 1.82) is 0 Å². The minimum absolute atomic E-state index is 0.274. The van der Waals surface area contributed by atoms with Gasteiger partial charge in [0.1, 0.15) is 0 Å². The Morgan fingerprint density at radius 2 is 1.95 bits per heavy atom. The van der Waals surface area contributed by atoms with Crippen molar-refractivity contribution in [2.75, 3.05) is 25.6 Å². The molecule has 1 aromatic heterocycles. The molecule has 0 unspecified atom stereocenters. The molecule has 0 N–H and O–H groups in total. The van der Waals surface area contributed by atoms with Crippen molar-refractivity contribution in [3.63, 3.8) is 0 Å². The maximum Gasteiger partial charge on any atom is 0.340 e. The summed E-state index contributed by atoms with van der Waals surface area (Å²) in [6, 6.07) is 9.71. The van der Waals surface area contributed by atoms with E-state index < -0.39 is 0 Å². The number of hydrogen-bond acceptors (Lipinski definition) is 3. The average Bonchev–Trinajstić information content (AvgIpc) is 2.98. The number of aromatic nitrogens is 1. The molecule has 0 bridgehead atoms. The van der Waals surface area contributed by atoms with Gasteiger partial charge in [-0.25, -0.2) is 4.79 Å². The number of carbonyl (C=O) groups excluding carboxylic acids is 1. The average molecular weight is 272 g/mol. The van der Waals surface area contributed by atoms with Crippen molar-refractivity contribution in [3.8, 4) is 5.69 Å². The van der Waals surface area contributed by atoms with Crippen LogP contribution in [0.25, 0.3) is 5.69 Å². The monoisotopic (exact) mass is 272 g/mol. The number of nitrogens with zero attached hydrogens (tertiary/aromatic N) is 2. The molecule has 0 aliphatic carbocycles. The van der Waals surface area contributed by atoms with E-state index in [1.807, 2.05) is 73.2 Å².